The highest BCUT2D eigenvalue weighted by molar-refractivity contribution is 9.09. The monoisotopic (exact) mass is 322 g/mol. The Bertz CT molecular complexity index is 250. The smallest absolute Gasteiger partial charge is 0.104 e. The number of rotatable bonds is 5. The first-order chi connectivity index (χ1) is 6.64. The summed E-state index contributed by atoms with van der Waals surface area (Å²) in [4.78, 5) is 0. The van der Waals surface area contributed by atoms with E-state index in [1.54, 1.807) is 6.26 Å². The zero-order chi connectivity index (χ0) is 10.6. The SMILES string of the molecule is CC(C)C(CBr)(CBr)Cc1ccco1. The highest BCUT2D eigenvalue weighted by Gasteiger charge is 2.32. The van der Waals surface area contributed by atoms with E-state index in [1.165, 1.54) is 0 Å². The van der Waals surface area contributed by atoms with Gasteiger partial charge in [0, 0.05) is 17.1 Å². The molecule has 0 aliphatic heterocycles. The maximum Gasteiger partial charge on any atom is 0.104 e. The van der Waals surface area contributed by atoms with E-state index >= 15 is 0 Å². The molecule has 0 N–H and O–H groups in total. The van der Waals surface area contributed by atoms with Gasteiger partial charge >= 0.3 is 0 Å². The van der Waals surface area contributed by atoms with Gasteiger partial charge in [0.05, 0.1) is 6.26 Å². The van der Waals surface area contributed by atoms with Crippen molar-refractivity contribution in [3.63, 3.8) is 0 Å². The van der Waals surface area contributed by atoms with Gasteiger partial charge in [-0.2, -0.15) is 0 Å². The van der Waals surface area contributed by atoms with Gasteiger partial charge in [-0.1, -0.05) is 45.7 Å². The van der Waals surface area contributed by atoms with Crippen molar-refractivity contribution in [2.75, 3.05) is 10.7 Å². The topological polar surface area (TPSA) is 13.1 Å². The maximum atomic E-state index is 5.40. The highest BCUT2D eigenvalue weighted by atomic mass is 79.9. The predicted molar refractivity (Wildman–Crippen MR) is 67.3 cm³/mol. The molecule has 0 radical (unpaired) electrons. The Morgan fingerprint density at radius 1 is 1.36 bits per heavy atom. The van der Waals surface area contributed by atoms with Crippen LogP contribution >= 0.6 is 31.9 Å². The van der Waals surface area contributed by atoms with Crippen molar-refractivity contribution in [2.24, 2.45) is 11.3 Å². The van der Waals surface area contributed by atoms with Crippen LogP contribution < -0.4 is 0 Å². The summed E-state index contributed by atoms with van der Waals surface area (Å²) in [6.45, 7) is 4.51. The number of halogens is 2. The van der Waals surface area contributed by atoms with Gasteiger partial charge in [-0.25, -0.2) is 0 Å². The van der Waals surface area contributed by atoms with Crippen molar-refractivity contribution >= 4 is 31.9 Å². The van der Waals surface area contributed by atoms with Crippen LogP contribution in [0.15, 0.2) is 22.8 Å². The van der Waals surface area contributed by atoms with Crippen molar-refractivity contribution in [1.82, 2.24) is 0 Å². The Kier molecular flexibility index (Phi) is 4.71. The molecule has 0 saturated carbocycles. The third kappa shape index (κ3) is 2.63. The molecule has 1 rings (SSSR count). The van der Waals surface area contributed by atoms with Crippen LogP contribution in [0.1, 0.15) is 19.6 Å². The molecule has 80 valence electrons. The van der Waals surface area contributed by atoms with Gasteiger partial charge in [0.15, 0.2) is 0 Å². The fourth-order valence-corrected chi connectivity index (χ4v) is 4.02. The number of hydrogen-bond donors (Lipinski definition) is 0. The van der Waals surface area contributed by atoms with E-state index in [0.717, 1.165) is 22.8 Å². The van der Waals surface area contributed by atoms with E-state index in [2.05, 4.69) is 45.7 Å². The summed E-state index contributed by atoms with van der Waals surface area (Å²) in [6, 6.07) is 3.99. The number of hydrogen-bond acceptors (Lipinski definition) is 1. The predicted octanol–water partition coefficient (Wildman–Crippen LogP) is 4.25. The lowest BCUT2D eigenvalue weighted by Gasteiger charge is -2.33. The van der Waals surface area contributed by atoms with Gasteiger partial charge in [-0.3, -0.25) is 0 Å². The molecular weight excluding hydrogens is 308 g/mol. The van der Waals surface area contributed by atoms with Crippen molar-refractivity contribution < 1.29 is 4.42 Å². The number of furan rings is 1. The molecule has 0 amide bonds. The van der Waals surface area contributed by atoms with Crippen molar-refractivity contribution in [3.8, 4) is 0 Å². The molecule has 3 heteroatoms. The lowest BCUT2D eigenvalue weighted by atomic mass is 9.77. The zero-order valence-corrected chi connectivity index (χ0v) is 11.8. The molecule has 0 unspecified atom stereocenters. The van der Waals surface area contributed by atoms with Gasteiger partial charge in [0.2, 0.25) is 0 Å². The van der Waals surface area contributed by atoms with Crippen LogP contribution in [0.2, 0.25) is 0 Å². The van der Waals surface area contributed by atoms with Crippen LogP contribution in [-0.2, 0) is 6.42 Å². The zero-order valence-electron chi connectivity index (χ0n) is 8.59. The second-order valence-corrected chi connectivity index (χ2v) is 5.16. The van der Waals surface area contributed by atoms with E-state index in [4.69, 9.17) is 4.42 Å². The van der Waals surface area contributed by atoms with Gasteiger partial charge in [0.25, 0.3) is 0 Å². The average Bonchev–Trinajstić information content (AvgIpc) is 2.66. The summed E-state index contributed by atoms with van der Waals surface area (Å²) in [5, 5.41) is 1.98. The van der Waals surface area contributed by atoms with Crippen LogP contribution in [-0.4, -0.2) is 10.7 Å². The molecule has 0 aliphatic carbocycles. The van der Waals surface area contributed by atoms with Crippen molar-refractivity contribution in [1.29, 1.82) is 0 Å². The number of alkyl halides is 2. The first-order valence-electron chi connectivity index (χ1n) is 4.79. The van der Waals surface area contributed by atoms with Gasteiger partial charge < -0.3 is 4.42 Å². The summed E-state index contributed by atoms with van der Waals surface area (Å²) in [5.41, 5.74) is 0.248. The minimum Gasteiger partial charge on any atom is -0.469 e. The highest BCUT2D eigenvalue weighted by Crippen LogP contribution is 2.35. The lowest BCUT2D eigenvalue weighted by molar-refractivity contribution is 0.249. The van der Waals surface area contributed by atoms with Crippen molar-refractivity contribution in [2.45, 2.75) is 20.3 Å². The molecule has 0 bridgehead atoms. The minimum absolute atomic E-state index is 0.248. The molecule has 1 aromatic heterocycles. The normalized spacial score (nSPS) is 12.4. The largest absolute Gasteiger partial charge is 0.469 e. The van der Waals surface area contributed by atoms with Crippen LogP contribution in [0.5, 0.6) is 0 Å². The molecule has 0 spiro atoms. The molecular formula is C11H16Br2O. The average molecular weight is 324 g/mol. The third-order valence-corrected chi connectivity index (χ3v) is 5.10. The Hall–Kier alpha value is 0.240. The van der Waals surface area contributed by atoms with E-state index in [9.17, 15) is 0 Å². The molecule has 1 nitrogen and oxygen atoms in total. The van der Waals surface area contributed by atoms with E-state index in [1.807, 2.05) is 12.1 Å². The summed E-state index contributed by atoms with van der Waals surface area (Å²) in [5.74, 6) is 1.68. The van der Waals surface area contributed by atoms with E-state index < -0.39 is 0 Å². The summed E-state index contributed by atoms with van der Waals surface area (Å²) < 4.78 is 5.40. The minimum atomic E-state index is 0.248. The summed E-state index contributed by atoms with van der Waals surface area (Å²) >= 11 is 7.22. The molecule has 0 saturated heterocycles. The van der Waals surface area contributed by atoms with Crippen LogP contribution in [0.3, 0.4) is 0 Å². The molecule has 0 aliphatic rings. The molecule has 0 atom stereocenters. The Balaban J connectivity index is 2.78. The third-order valence-electron chi connectivity index (χ3n) is 2.86. The van der Waals surface area contributed by atoms with Gasteiger partial charge in [-0.05, 0) is 23.5 Å². The van der Waals surface area contributed by atoms with Crippen LogP contribution in [0.25, 0.3) is 0 Å². The van der Waals surface area contributed by atoms with Crippen LogP contribution in [0.4, 0.5) is 0 Å². The van der Waals surface area contributed by atoms with Gasteiger partial charge in [-0.15, -0.1) is 0 Å². The molecule has 1 heterocycles. The maximum absolute atomic E-state index is 5.40. The molecule has 14 heavy (non-hydrogen) atoms. The first kappa shape index (κ1) is 12.3. The fourth-order valence-electron chi connectivity index (χ4n) is 1.40. The summed E-state index contributed by atoms with van der Waals surface area (Å²) in [6.07, 6.45) is 2.72. The second-order valence-electron chi connectivity index (χ2n) is 4.04. The fraction of sp³-hybridized carbons (Fsp3) is 0.636. The Labute approximate surface area is 103 Å². The van der Waals surface area contributed by atoms with Crippen LogP contribution in [0, 0.1) is 11.3 Å². The van der Waals surface area contributed by atoms with Crippen molar-refractivity contribution in [3.05, 3.63) is 24.2 Å². The molecule has 1 aromatic rings. The summed E-state index contributed by atoms with van der Waals surface area (Å²) in [7, 11) is 0. The standard InChI is InChI=1S/C11H16Br2O/c1-9(2)11(7-12,8-13)6-10-4-3-5-14-10/h3-5,9H,6-8H2,1-2H3. The molecule has 0 fully saturated rings. The quantitative estimate of drug-likeness (QED) is 0.738. The lowest BCUT2D eigenvalue weighted by Crippen LogP contribution is -2.33. The second kappa shape index (κ2) is 5.36. The molecule has 0 aromatic carbocycles. The first-order valence-corrected chi connectivity index (χ1v) is 7.03. The van der Waals surface area contributed by atoms with E-state index in [-0.39, 0.29) is 5.41 Å². The Morgan fingerprint density at radius 2 is 2.00 bits per heavy atom. The van der Waals surface area contributed by atoms with Gasteiger partial charge in [0.1, 0.15) is 5.76 Å². The Morgan fingerprint density at radius 3 is 2.36 bits per heavy atom. The van der Waals surface area contributed by atoms with E-state index in [0.29, 0.717) is 5.92 Å².